The fourth-order valence-corrected chi connectivity index (χ4v) is 2.86. The molecular formula is C12H18N2O5S. The first-order chi connectivity index (χ1) is 9.42. The molecule has 0 saturated carbocycles. The second kappa shape index (κ2) is 7.22. The quantitative estimate of drug-likeness (QED) is 0.519. The van der Waals surface area contributed by atoms with Gasteiger partial charge in [-0.05, 0) is 31.5 Å². The Morgan fingerprint density at radius 3 is 2.60 bits per heavy atom. The molecule has 1 aromatic rings. The van der Waals surface area contributed by atoms with Crippen molar-refractivity contribution in [1.82, 2.24) is 4.72 Å². The van der Waals surface area contributed by atoms with Crippen molar-refractivity contribution in [2.45, 2.75) is 18.2 Å². The number of carboxylic acid groups (broad SMARTS) is 1. The molecule has 0 aromatic heterocycles. The first kappa shape index (κ1) is 16.4. The maximum atomic E-state index is 12.2. The zero-order chi connectivity index (χ0) is 15.2. The largest absolute Gasteiger partial charge is 0.478 e. The highest BCUT2D eigenvalue weighted by Crippen LogP contribution is 2.22. The van der Waals surface area contributed by atoms with Crippen LogP contribution in [0.15, 0.2) is 23.1 Å². The number of aromatic carboxylic acids is 1. The monoisotopic (exact) mass is 302 g/mol. The van der Waals surface area contributed by atoms with E-state index in [1.54, 1.807) is 6.92 Å². The second-order valence-electron chi connectivity index (χ2n) is 4.02. The number of aliphatic hydroxyl groups is 1. The molecule has 7 nitrogen and oxygen atoms in total. The number of hydrogen-bond donors (Lipinski definition) is 4. The van der Waals surface area contributed by atoms with E-state index < -0.39 is 16.0 Å². The van der Waals surface area contributed by atoms with Crippen LogP contribution in [0.2, 0.25) is 0 Å². The fraction of sp³-hybridized carbons (Fsp3) is 0.417. The molecular weight excluding hydrogens is 284 g/mol. The molecule has 0 bridgehead atoms. The minimum Gasteiger partial charge on any atom is -0.478 e. The standard InChI is InChI=1S/C12H18N2O5S/c1-2-13-10-5-4-9(12(16)17)8-11(10)20(18,19)14-6-3-7-15/h4-5,8,13-15H,2-3,6-7H2,1H3,(H,16,17). The van der Waals surface area contributed by atoms with E-state index in [-0.39, 0.29) is 30.0 Å². The Hall–Kier alpha value is -1.64. The van der Waals surface area contributed by atoms with Gasteiger partial charge in [0.05, 0.1) is 11.3 Å². The number of nitrogens with one attached hydrogen (secondary N) is 2. The molecule has 4 N–H and O–H groups in total. The lowest BCUT2D eigenvalue weighted by Crippen LogP contribution is -2.26. The predicted octanol–water partition coefficient (Wildman–Crippen LogP) is 0.477. The van der Waals surface area contributed by atoms with Gasteiger partial charge in [-0.15, -0.1) is 0 Å². The van der Waals surface area contributed by atoms with Crippen LogP contribution in [0.3, 0.4) is 0 Å². The lowest BCUT2D eigenvalue weighted by atomic mass is 10.2. The van der Waals surface area contributed by atoms with Gasteiger partial charge in [-0.3, -0.25) is 0 Å². The summed E-state index contributed by atoms with van der Waals surface area (Å²) in [6.07, 6.45) is 0.286. The van der Waals surface area contributed by atoms with Crippen molar-refractivity contribution < 1.29 is 23.4 Å². The van der Waals surface area contributed by atoms with Gasteiger partial charge in [-0.1, -0.05) is 0 Å². The van der Waals surface area contributed by atoms with E-state index in [0.717, 1.165) is 6.07 Å². The summed E-state index contributed by atoms with van der Waals surface area (Å²) in [6.45, 7) is 2.27. The summed E-state index contributed by atoms with van der Waals surface area (Å²) in [4.78, 5) is 10.8. The van der Waals surface area contributed by atoms with Gasteiger partial charge >= 0.3 is 5.97 Å². The van der Waals surface area contributed by atoms with E-state index in [9.17, 15) is 13.2 Å². The maximum Gasteiger partial charge on any atom is 0.335 e. The van der Waals surface area contributed by atoms with Crippen molar-refractivity contribution in [3.05, 3.63) is 23.8 Å². The third-order valence-electron chi connectivity index (χ3n) is 2.51. The van der Waals surface area contributed by atoms with Crippen LogP contribution >= 0.6 is 0 Å². The molecule has 0 unspecified atom stereocenters. The van der Waals surface area contributed by atoms with Gasteiger partial charge in [-0.25, -0.2) is 17.9 Å². The summed E-state index contributed by atoms with van der Waals surface area (Å²) < 4.78 is 26.6. The van der Waals surface area contributed by atoms with Crippen molar-refractivity contribution in [1.29, 1.82) is 0 Å². The molecule has 0 atom stereocenters. The molecule has 0 aliphatic carbocycles. The van der Waals surface area contributed by atoms with E-state index in [1.807, 2.05) is 0 Å². The Morgan fingerprint density at radius 1 is 1.35 bits per heavy atom. The first-order valence-electron chi connectivity index (χ1n) is 6.14. The number of sulfonamides is 1. The van der Waals surface area contributed by atoms with Crippen molar-refractivity contribution in [2.75, 3.05) is 25.0 Å². The van der Waals surface area contributed by atoms with Crippen molar-refractivity contribution in [3.63, 3.8) is 0 Å². The number of benzene rings is 1. The van der Waals surface area contributed by atoms with E-state index in [2.05, 4.69) is 10.0 Å². The summed E-state index contributed by atoms with van der Waals surface area (Å²) in [6, 6.07) is 3.88. The minimum atomic E-state index is -3.83. The smallest absolute Gasteiger partial charge is 0.335 e. The zero-order valence-corrected chi connectivity index (χ0v) is 11.9. The van der Waals surface area contributed by atoms with Crippen LogP contribution in [0.4, 0.5) is 5.69 Å². The van der Waals surface area contributed by atoms with Gasteiger partial charge in [0.2, 0.25) is 10.0 Å². The van der Waals surface area contributed by atoms with Crippen molar-refractivity contribution in [2.24, 2.45) is 0 Å². The lowest BCUT2D eigenvalue weighted by Gasteiger charge is -2.13. The molecule has 0 spiro atoms. The second-order valence-corrected chi connectivity index (χ2v) is 5.76. The van der Waals surface area contributed by atoms with Crippen molar-refractivity contribution >= 4 is 21.7 Å². The SMILES string of the molecule is CCNc1ccc(C(=O)O)cc1S(=O)(=O)NCCCO. The Bertz CT molecular complexity index is 571. The number of anilines is 1. The molecule has 0 amide bonds. The maximum absolute atomic E-state index is 12.2. The molecule has 0 aliphatic rings. The average Bonchev–Trinajstić information content (AvgIpc) is 2.39. The van der Waals surface area contributed by atoms with Gasteiger partial charge < -0.3 is 15.5 Å². The highest BCUT2D eigenvalue weighted by Gasteiger charge is 2.20. The molecule has 0 fully saturated rings. The summed E-state index contributed by atoms with van der Waals surface area (Å²) in [5, 5.41) is 20.5. The molecule has 0 aliphatic heterocycles. The van der Waals surface area contributed by atoms with Crippen LogP contribution in [0.5, 0.6) is 0 Å². The number of rotatable bonds is 8. The summed E-state index contributed by atoms with van der Waals surface area (Å²) in [7, 11) is -3.83. The molecule has 0 radical (unpaired) electrons. The average molecular weight is 302 g/mol. The Morgan fingerprint density at radius 2 is 2.05 bits per heavy atom. The third-order valence-corrected chi connectivity index (χ3v) is 4.01. The zero-order valence-electron chi connectivity index (χ0n) is 11.1. The molecule has 8 heteroatoms. The van der Waals surface area contributed by atoms with E-state index in [1.165, 1.54) is 12.1 Å². The molecule has 1 rings (SSSR count). The molecule has 20 heavy (non-hydrogen) atoms. The van der Waals surface area contributed by atoms with E-state index in [0.29, 0.717) is 12.2 Å². The molecule has 112 valence electrons. The van der Waals surface area contributed by atoms with Crippen LogP contribution in [-0.4, -0.2) is 44.3 Å². The Balaban J connectivity index is 3.17. The minimum absolute atomic E-state index is 0.0850. The number of aliphatic hydroxyl groups excluding tert-OH is 1. The third kappa shape index (κ3) is 4.19. The Kier molecular flexibility index (Phi) is 5.93. The van der Waals surface area contributed by atoms with Crippen LogP contribution in [0.25, 0.3) is 0 Å². The van der Waals surface area contributed by atoms with Crippen LogP contribution in [-0.2, 0) is 10.0 Å². The van der Waals surface area contributed by atoms with Gasteiger partial charge in [0.15, 0.2) is 0 Å². The van der Waals surface area contributed by atoms with E-state index in [4.69, 9.17) is 10.2 Å². The van der Waals surface area contributed by atoms with Crippen LogP contribution in [0, 0.1) is 0 Å². The molecule has 1 aromatic carbocycles. The molecule has 0 heterocycles. The highest BCUT2D eigenvalue weighted by atomic mass is 32.2. The topological polar surface area (TPSA) is 116 Å². The van der Waals surface area contributed by atoms with Crippen LogP contribution < -0.4 is 10.0 Å². The normalized spacial score (nSPS) is 11.3. The van der Waals surface area contributed by atoms with Gasteiger partial charge in [0.1, 0.15) is 4.90 Å². The summed E-state index contributed by atoms with van der Waals surface area (Å²) in [5.41, 5.74) is 0.239. The van der Waals surface area contributed by atoms with E-state index >= 15 is 0 Å². The lowest BCUT2D eigenvalue weighted by molar-refractivity contribution is 0.0696. The van der Waals surface area contributed by atoms with Gasteiger partial charge in [0, 0.05) is 19.7 Å². The van der Waals surface area contributed by atoms with Gasteiger partial charge in [-0.2, -0.15) is 0 Å². The number of carboxylic acids is 1. The predicted molar refractivity (Wildman–Crippen MR) is 74.5 cm³/mol. The van der Waals surface area contributed by atoms with Crippen molar-refractivity contribution in [3.8, 4) is 0 Å². The fourth-order valence-electron chi connectivity index (χ4n) is 1.58. The summed E-state index contributed by atoms with van der Waals surface area (Å²) >= 11 is 0. The number of hydrogen-bond acceptors (Lipinski definition) is 5. The highest BCUT2D eigenvalue weighted by molar-refractivity contribution is 7.89. The Labute approximate surface area is 117 Å². The van der Waals surface area contributed by atoms with Gasteiger partial charge in [0.25, 0.3) is 0 Å². The van der Waals surface area contributed by atoms with Crippen LogP contribution in [0.1, 0.15) is 23.7 Å². The molecule has 0 saturated heterocycles. The summed E-state index contributed by atoms with van der Waals surface area (Å²) in [5.74, 6) is -1.19. The number of carbonyl (C=O) groups is 1. The first-order valence-corrected chi connectivity index (χ1v) is 7.62.